The predicted octanol–water partition coefficient (Wildman–Crippen LogP) is 1.69. The normalized spacial score (nSPS) is 12.2. The Bertz CT molecular complexity index is 714. The van der Waals surface area contributed by atoms with Gasteiger partial charge >= 0.3 is 5.97 Å². The number of aryl methyl sites for hydroxylation is 2. The molecule has 0 unspecified atom stereocenters. The summed E-state index contributed by atoms with van der Waals surface area (Å²) in [4.78, 5) is 22.8. The molecular formula is C15H19N3O4. The number of aromatic carboxylic acids is 1. The van der Waals surface area contributed by atoms with E-state index in [-0.39, 0.29) is 17.6 Å². The molecule has 0 saturated carbocycles. The highest BCUT2D eigenvalue weighted by Crippen LogP contribution is 2.15. The maximum absolute atomic E-state index is 12.0. The van der Waals surface area contributed by atoms with E-state index in [0.29, 0.717) is 6.42 Å². The number of hydrogen-bond acceptors (Lipinski definition) is 4. The maximum Gasteiger partial charge on any atom is 0.371 e. The SMILES string of the molecule is Cc1nn(C)c(C)c1C[C@H](C)NC(=O)c1ccc(C(=O)O)o1. The minimum absolute atomic E-state index is 0.0103. The van der Waals surface area contributed by atoms with Crippen LogP contribution < -0.4 is 5.32 Å². The molecule has 0 bridgehead atoms. The molecule has 2 rings (SSSR count). The second kappa shape index (κ2) is 6.05. The van der Waals surface area contributed by atoms with Gasteiger partial charge in [0.25, 0.3) is 5.91 Å². The Hall–Kier alpha value is -2.57. The van der Waals surface area contributed by atoms with Crippen LogP contribution in [0.25, 0.3) is 0 Å². The van der Waals surface area contributed by atoms with Crippen molar-refractivity contribution in [3.8, 4) is 0 Å². The van der Waals surface area contributed by atoms with E-state index in [1.165, 1.54) is 12.1 Å². The van der Waals surface area contributed by atoms with E-state index in [9.17, 15) is 9.59 Å². The average Bonchev–Trinajstić information content (AvgIpc) is 3.01. The quantitative estimate of drug-likeness (QED) is 0.876. The highest BCUT2D eigenvalue weighted by Gasteiger charge is 2.18. The number of carbonyl (C=O) groups excluding carboxylic acids is 1. The van der Waals surface area contributed by atoms with Crippen molar-refractivity contribution in [1.29, 1.82) is 0 Å². The van der Waals surface area contributed by atoms with Crippen LogP contribution >= 0.6 is 0 Å². The molecule has 0 aliphatic heterocycles. The maximum atomic E-state index is 12.0. The van der Waals surface area contributed by atoms with Crippen LogP contribution in [0.3, 0.4) is 0 Å². The van der Waals surface area contributed by atoms with Crippen molar-refractivity contribution in [1.82, 2.24) is 15.1 Å². The van der Waals surface area contributed by atoms with Gasteiger partial charge in [-0.15, -0.1) is 0 Å². The van der Waals surface area contributed by atoms with E-state index >= 15 is 0 Å². The van der Waals surface area contributed by atoms with Crippen molar-refractivity contribution in [3.05, 3.63) is 40.6 Å². The number of carboxylic acid groups (broad SMARTS) is 1. The number of nitrogens with one attached hydrogen (secondary N) is 1. The van der Waals surface area contributed by atoms with Gasteiger partial charge in [-0.05, 0) is 44.9 Å². The molecule has 22 heavy (non-hydrogen) atoms. The van der Waals surface area contributed by atoms with Gasteiger partial charge < -0.3 is 14.8 Å². The molecule has 0 aromatic carbocycles. The number of rotatable bonds is 5. The molecule has 0 saturated heterocycles. The summed E-state index contributed by atoms with van der Waals surface area (Å²) in [6.07, 6.45) is 0.643. The number of aromatic nitrogens is 2. The van der Waals surface area contributed by atoms with Gasteiger partial charge in [0.1, 0.15) is 0 Å². The van der Waals surface area contributed by atoms with E-state index in [4.69, 9.17) is 9.52 Å². The number of carbonyl (C=O) groups is 2. The van der Waals surface area contributed by atoms with Gasteiger partial charge in [-0.1, -0.05) is 0 Å². The van der Waals surface area contributed by atoms with Gasteiger partial charge in [-0.25, -0.2) is 4.79 Å². The monoisotopic (exact) mass is 305 g/mol. The van der Waals surface area contributed by atoms with E-state index < -0.39 is 11.9 Å². The van der Waals surface area contributed by atoms with Crippen molar-refractivity contribution in [2.45, 2.75) is 33.2 Å². The molecule has 7 nitrogen and oxygen atoms in total. The van der Waals surface area contributed by atoms with Gasteiger partial charge in [0.05, 0.1) is 5.69 Å². The fraction of sp³-hybridized carbons (Fsp3) is 0.400. The third-order valence-corrected chi connectivity index (χ3v) is 3.59. The molecule has 2 aromatic heterocycles. The second-order valence-corrected chi connectivity index (χ2v) is 5.32. The number of nitrogens with zero attached hydrogens (tertiary/aromatic N) is 2. The van der Waals surface area contributed by atoms with Crippen LogP contribution in [-0.4, -0.2) is 32.8 Å². The molecule has 0 spiro atoms. The van der Waals surface area contributed by atoms with Crippen molar-refractivity contribution < 1.29 is 19.1 Å². The number of amides is 1. The van der Waals surface area contributed by atoms with E-state index in [2.05, 4.69) is 10.4 Å². The summed E-state index contributed by atoms with van der Waals surface area (Å²) in [5.74, 6) is -1.89. The third-order valence-electron chi connectivity index (χ3n) is 3.59. The number of furan rings is 1. The average molecular weight is 305 g/mol. The van der Waals surface area contributed by atoms with Crippen LogP contribution in [0.2, 0.25) is 0 Å². The molecule has 118 valence electrons. The summed E-state index contributed by atoms with van der Waals surface area (Å²) >= 11 is 0. The summed E-state index contributed by atoms with van der Waals surface area (Å²) in [6, 6.07) is 2.48. The fourth-order valence-corrected chi connectivity index (χ4v) is 2.34. The third kappa shape index (κ3) is 3.19. The Balaban J connectivity index is 2.03. The summed E-state index contributed by atoms with van der Waals surface area (Å²) < 4.78 is 6.79. The van der Waals surface area contributed by atoms with Crippen molar-refractivity contribution in [2.24, 2.45) is 7.05 Å². The predicted molar refractivity (Wildman–Crippen MR) is 79.0 cm³/mol. The highest BCUT2D eigenvalue weighted by atomic mass is 16.4. The zero-order valence-electron chi connectivity index (χ0n) is 13.0. The number of hydrogen-bond donors (Lipinski definition) is 2. The van der Waals surface area contributed by atoms with E-state index in [0.717, 1.165) is 17.0 Å². The largest absolute Gasteiger partial charge is 0.475 e. The lowest BCUT2D eigenvalue weighted by Gasteiger charge is -2.13. The first-order valence-electron chi connectivity index (χ1n) is 6.92. The standard InChI is InChI=1S/C15H19N3O4/c1-8(7-11-9(2)17-18(4)10(11)3)16-14(19)12-5-6-13(22-12)15(20)21/h5-6,8H,7H2,1-4H3,(H,16,19)(H,20,21)/t8-/m0/s1. The van der Waals surface area contributed by atoms with Gasteiger partial charge in [-0.2, -0.15) is 5.10 Å². The van der Waals surface area contributed by atoms with Gasteiger partial charge in [0, 0.05) is 18.8 Å². The number of carboxylic acids is 1. The lowest BCUT2D eigenvalue weighted by Crippen LogP contribution is -2.34. The molecule has 2 N–H and O–H groups in total. The minimum atomic E-state index is -1.20. The summed E-state index contributed by atoms with van der Waals surface area (Å²) in [6.45, 7) is 5.79. The molecular weight excluding hydrogens is 286 g/mol. The molecule has 0 aliphatic rings. The lowest BCUT2D eigenvalue weighted by molar-refractivity contribution is 0.0659. The summed E-state index contributed by atoms with van der Waals surface area (Å²) in [5.41, 5.74) is 3.10. The smallest absolute Gasteiger partial charge is 0.371 e. The molecule has 2 aromatic rings. The fourth-order valence-electron chi connectivity index (χ4n) is 2.34. The van der Waals surface area contributed by atoms with Gasteiger partial charge in [0.15, 0.2) is 5.76 Å². The Morgan fingerprint density at radius 3 is 2.50 bits per heavy atom. The van der Waals surface area contributed by atoms with Gasteiger partial charge in [0.2, 0.25) is 5.76 Å². The second-order valence-electron chi connectivity index (χ2n) is 5.32. The Morgan fingerprint density at radius 2 is 2.00 bits per heavy atom. The first-order valence-corrected chi connectivity index (χ1v) is 6.92. The van der Waals surface area contributed by atoms with Crippen molar-refractivity contribution >= 4 is 11.9 Å². The first kappa shape index (κ1) is 15.8. The molecule has 1 atom stereocenters. The zero-order chi connectivity index (χ0) is 16.4. The van der Waals surface area contributed by atoms with Crippen LogP contribution in [0.5, 0.6) is 0 Å². The Morgan fingerprint density at radius 1 is 1.36 bits per heavy atom. The van der Waals surface area contributed by atoms with E-state index in [1.807, 2.05) is 32.5 Å². The Labute approximate surface area is 127 Å². The molecule has 1 amide bonds. The van der Waals surface area contributed by atoms with Gasteiger partial charge in [-0.3, -0.25) is 9.48 Å². The van der Waals surface area contributed by atoms with Crippen molar-refractivity contribution in [3.63, 3.8) is 0 Å². The summed E-state index contributed by atoms with van der Waals surface area (Å²) in [5, 5.41) is 15.9. The summed E-state index contributed by atoms with van der Waals surface area (Å²) in [7, 11) is 1.88. The van der Waals surface area contributed by atoms with Crippen LogP contribution in [-0.2, 0) is 13.5 Å². The lowest BCUT2D eigenvalue weighted by atomic mass is 10.1. The Kier molecular flexibility index (Phi) is 4.35. The highest BCUT2D eigenvalue weighted by molar-refractivity contribution is 5.93. The minimum Gasteiger partial charge on any atom is -0.475 e. The molecule has 7 heteroatoms. The topological polar surface area (TPSA) is 97.4 Å². The molecule has 0 fully saturated rings. The van der Waals surface area contributed by atoms with E-state index in [1.54, 1.807) is 0 Å². The molecule has 0 aliphatic carbocycles. The van der Waals surface area contributed by atoms with Crippen LogP contribution in [0.15, 0.2) is 16.5 Å². The first-order chi connectivity index (χ1) is 10.3. The zero-order valence-corrected chi connectivity index (χ0v) is 13.0. The van der Waals surface area contributed by atoms with Crippen LogP contribution in [0, 0.1) is 13.8 Å². The molecule has 2 heterocycles. The van der Waals surface area contributed by atoms with Crippen molar-refractivity contribution in [2.75, 3.05) is 0 Å². The molecule has 0 radical (unpaired) electrons. The van der Waals surface area contributed by atoms with Crippen LogP contribution in [0.1, 0.15) is 45.0 Å². The van der Waals surface area contributed by atoms with Crippen LogP contribution in [0.4, 0.5) is 0 Å².